The highest BCUT2D eigenvalue weighted by atomic mass is 16.5. The summed E-state index contributed by atoms with van der Waals surface area (Å²) < 4.78 is 10.7. The number of benzene rings is 1. The minimum absolute atomic E-state index is 0.0155. The lowest BCUT2D eigenvalue weighted by Gasteiger charge is -2.09. The van der Waals surface area contributed by atoms with Crippen LogP contribution in [-0.2, 0) is 11.3 Å². The van der Waals surface area contributed by atoms with Crippen molar-refractivity contribution in [1.82, 2.24) is 0 Å². The van der Waals surface area contributed by atoms with Gasteiger partial charge in [0.05, 0.1) is 13.2 Å². The van der Waals surface area contributed by atoms with Crippen LogP contribution < -0.4 is 4.74 Å². The highest BCUT2D eigenvalue weighted by molar-refractivity contribution is 5.32. The molecular formula is C12H18O3. The highest BCUT2D eigenvalue weighted by Gasteiger charge is 2.00. The molecule has 1 aromatic carbocycles. The van der Waals surface area contributed by atoms with Crippen molar-refractivity contribution < 1.29 is 14.6 Å². The average Bonchev–Trinajstić information content (AvgIpc) is 2.29. The Morgan fingerprint density at radius 2 is 2.00 bits per heavy atom. The van der Waals surface area contributed by atoms with Crippen molar-refractivity contribution in [3.8, 4) is 5.75 Å². The molecule has 0 fully saturated rings. The van der Waals surface area contributed by atoms with Crippen LogP contribution in [0.5, 0.6) is 5.75 Å². The van der Waals surface area contributed by atoms with Gasteiger partial charge in [-0.25, -0.2) is 0 Å². The van der Waals surface area contributed by atoms with E-state index in [0.29, 0.717) is 6.61 Å². The number of ether oxygens (including phenoxy) is 2. The van der Waals surface area contributed by atoms with E-state index in [4.69, 9.17) is 14.6 Å². The molecule has 0 amide bonds. The second kappa shape index (κ2) is 7.26. The monoisotopic (exact) mass is 210 g/mol. The quantitative estimate of drug-likeness (QED) is 0.699. The minimum atomic E-state index is 0.0155. The molecule has 84 valence electrons. The molecule has 1 N–H and O–H groups in total. The third kappa shape index (κ3) is 4.32. The SMILES string of the molecule is CCOCCCOc1ccccc1CO. The van der Waals surface area contributed by atoms with Crippen LogP contribution >= 0.6 is 0 Å². The van der Waals surface area contributed by atoms with Crippen LogP contribution in [0.1, 0.15) is 18.9 Å². The van der Waals surface area contributed by atoms with Crippen molar-refractivity contribution in [2.75, 3.05) is 19.8 Å². The van der Waals surface area contributed by atoms with Gasteiger partial charge in [0.15, 0.2) is 0 Å². The third-order valence-corrected chi connectivity index (χ3v) is 2.04. The van der Waals surface area contributed by atoms with Gasteiger partial charge < -0.3 is 14.6 Å². The number of para-hydroxylation sites is 1. The Labute approximate surface area is 90.6 Å². The largest absolute Gasteiger partial charge is 0.493 e. The van der Waals surface area contributed by atoms with Crippen molar-refractivity contribution in [3.63, 3.8) is 0 Å². The molecule has 1 rings (SSSR count). The van der Waals surface area contributed by atoms with Crippen molar-refractivity contribution in [2.24, 2.45) is 0 Å². The van der Waals surface area contributed by atoms with E-state index in [1.54, 1.807) is 0 Å². The predicted molar refractivity (Wildman–Crippen MR) is 59.0 cm³/mol. The smallest absolute Gasteiger partial charge is 0.124 e. The molecule has 0 saturated carbocycles. The van der Waals surface area contributed by atoms with E-state index in [0.717, 1.165) is 30.9 Å². The van der Waals surface area contributed by atoms with Crippen molar-refractivity contribution in [2.45, 2.75) is 20.0 Å². The maximum atomic E-state index is 9.05. The molecular weight excluding hydrogens is 192 g/mol. The van der Waals surface area contributed by atoms with Gasteiger partial charge >= 0.3 is 0 Å². The van der Waals surface area contributed by atoms with Crippen LogP contribution in [0.3, 0.4) is 0 Å². The van der Waals surface area contributed by atoms with Gasteiger partial charge in [0.2, 0.25) is 0 Å². The zero-order chi connectivity index (χ0) is 10.9. The summed E-state index contributed by atoms with van der Waals surface area (Å²) in [6.45, 7) is 4.07. The number of hydrogen-bond donors (Lipinski definition) is 1. The second-order valence-corrected chi connectivity index (χ2v) is 3.16. The molecule has 0 bridgehead atoms. The van der Waals surface area contributed by atoms with Gasteiger partial charge in [-0.2, -0.15) is 0 Å². The van der Waals surface area contributed by atoms with Crippen LogP contribution in [0.2, 0.25) is 0 Å². The van der Waals surface area contributed by atoms with Gasteiger partial charge in [0, 0.05) is 25.2 Å². The molecule has 0 radical (unpaired) electrons. The molecule has 15 heavy (non-hydrogen) atoms. The first-order chi connectivity index (χ1) is 7.38. The molecule has 0 aliphatic rings. The fourth-order valence-electron chi connectivity index (χ4n) is 1.26. The maximum absolute atomic E-state index is 9.05. The molecule has 0 saturated heterocycles. The standard InChI is InChI=1S/C12H18O3/c1-2-14-8-5-9-15-12-7-4-3-6-11(12)10-13/h3-4,6-7,13H,2,5,8-10H2,1H3. The van der Waals surface area contributed by atoms with Crippen LogP contribution in [0, 0.1) is 0 Å². The fraction of sp³-hybridized carbons (Fsp3) is 0.500. The summed E-state index contributed by atoms with van der Waals surface area (Å²) in [5, 5.41) is 9.05. The predicted octanol–water partition coefficient (Wildman–Crippen LogP) is 1.98. The molecule has 0 aliphatic carbocycles. The van der Waals surface area contributed by atoms with Gasteiger partial charge in [-0.05, 0) is 13.0 Å². The molecule has 3 heteroatoms. The van der Waals surface area contributed by atoms with Gasteiger partial charge in [-0.3, -0.25) is 0 Å². The summed E-state index contributed by atoms with van der Waals surface area (Å²) in [6, 6.07) is 7.51. The highest BCUT2D eigenvalue weighted by Crippen LogP contribution is 2.17. The Morgan fingerprint density at radius 1 is 1.20 bits per heavy atom. The number of aliphatic hydroxyl groups excluding tert-OH is 1. The second-order valence-electron chi connectivity index (χ2n) is 3.16. The summed E-state index contributed by atoms with van der Waals surface area (Å²) in [4.78, 5) is 0. The molecule has 0 aromatic heterocycles. The maximum Gasteiger partial charge on any atom is 0.124 e. The molecule has 1 aromatic rings. The summed E-state index contributed by atoms with van der Waals surface area (Å²) in [5.74, 6) is 0.761. The number of rotatable bonds is 7. The first-order valence-electron chi connectivity index (χ1n) is 5.27. The lowest BCUT2D eigenvalue weighted by Crippen LogP contribution is -2.04. The molecule has 0 unspecified atom stereocenters. The van der Waals surface area contributed by atoms with Crippen LogP contribution in [0.15, 0.2) is 24.3 Å². The van der Waals surface area contributed by atoms with Crippen LogP contribution in [0.25, 0.3) is 0 Å². The first-order valence-corrected chi connectivity index (χ1v) is 5.27. The average molecular weight is 210 g/mol. The first kappa shape index (κ1) is 12.0. The zero-order valence-electron chi connectivity index (χ0n) is 9.11. The van der Waals surface area contributed by atoms with E-state index in [1.165, 1.54) is 0 Å². The zero-order valence-corrected chi connectivity index (χ0v) is 9.11. The molecule has 0 spiro atoms. The summed E-state index contributed by atoms with van der Waals surface area (Å²) in [5.41, 5.74) is 0.828. The van der Waals surface area contributed by atoms with Crippen LogP contribution in [0.4, 0.5) is 0 Å². The summed E-state index contributed by atoms with van der Waals surface area (Å²) >= 11 is 0. The molecule has 3 nitrogen and oxygen atoms in total. The molecule has 0 aliphatic heterocycles. The van der Waals surface area contributed by atoms with Crippen molar-refractivity contribution in [3.05, 3.63) is 29.8 Å². The van der Waals surface area contributed by atoms with Crippen molar-refractivity contribution >= 4 is 0 Å². The lowest BCUT2D eigenvalue weighted by atomic mass is 10.2. The van der Waals surface area contributed by atoms with E-state index < -0.39 is 0 Å². The van der Waals surface area contributed by atoms with E-state index in [1.807, 2.05) is 31.2 Å². The Hall–Kier alpha value is -1.06. The van der Waals surface area contributed by atoms with E-state index >= 15 is 0 Å². The Morgan fingerprint density at radius 3 is 2.73 bits per heavy atom. The van der Waals surface area contributed by atoms with E-state index in [2.05, 4.69) is 0 Å². The topological polar surface area (TPSA) is 38.7 Å². The van der Waals surface area contributed by atoms with E-state index in [-0.39, 0.29) is 6.61 Å². The van der Waals surface area contributed by atoms with Gasteiger partial charge in [-0.1, -0.05) is 18.2 Å². The summed E-state index contributed by atoms with van der Waals surface area (Å²) in [6.07, 6.45) is 0.869. The van der Waals surface area contributed by atoms with E-state index in [9.17, 15) is 0 Å². The van der Waals surface area contributed by atoms with Crippen molar-refractivity contribution in [1.29, 1.82) is 0 Å². The third-order valence-electron chi connectivity index (χ3n) is 2.04. The van der Waals surface area contributed by atoms with Crippen LogP contribution in [-0.4, -0.2) is 24.9 Å². The summed E-state index contributed by atoms with van der Waals surface area (Å²) in [7, 11) is 0. The Bertz CT molecular complexity index is 273. The fourth-order valence-corrected chi connectivity index (χ4v) is 1.26. The van der Waals surface area contributed by atoms with Gasteiger partial charge in [0.25, 0.3) is 0 Å². The molecule has 0 heterocycles. The van der Waals surface area contributed by atoms with Gasteiger partial charge in [-0.15, -0.1) is 0 Å². The normalized spacial score (nSPS) is 10.3. The Kier molecular flexibility index (Phi) is 5.81. The molecule has 0 atom stereocenters. The van der Waals surface area contributed by atoms with Gasteiger partial charge in [0.1, 0.15) is 5.75 Å². The number of aliphatic hydroxyl groups is 1. The lowest BCUT2D eigenvalue weighted by molar-refractivity contribution is 0.130. The minimum Gasteiger partial charge on any atom is -0.493 e. The number of hydrogen-bond acceptors (Lipinski definition) is 3. The Balaban J connectivity index is 2.30.